The number of benzene rings is 2. The molecule has 25 heavy (non-hydrogen) atoms. The second-order valence-electron chi connectivity index (χ2n) is 5.90. The van der Waals surface area contributed by atoms with Crippen molar-refractivity contribution in [3.05, 3.63) is 70.3 Å². The zero-order chi connectivity index (χ0) is 18.5. The summed E-state index contributed by atoms with van der Waals surface area (Å²) in [6.45, 7) is 3.51. The van der Waals surface area contributed by atoms with E-state index in [2.05, 4.69) is 10.2 Å². The highest BCUT2D eigenvalue weighted by Crippen LogP contribution is 2.38. The molecule has 0 radical (unpaired) electrons. The van der Waals surface area contributed by atoms with E-state index in [9.17, 15) is 20.6 Å². The van der Waals surface area contributed by atoms with Crippen molar-refractivity contribution in [2.45, 2.75) is 24.8 Å². The minimum atomic E-state index is -1.74. The molecule has 0 amide bonds. The van der Waals surface area contributed by atoms with Crippen molar-refractivity contribution < 1.29 is 4.92 Å². The quantitative estimate of drug-likeness (QED) is 0.456. The first-order chi connectivity index (χ1) is 11.9. The van der Waals surface area contributed by atoms with Gasteiger partial charge in [-0.2, -0.15) is 15.6 Å². The largest absolute Gasteiger partial charge is 0.269 e. The summed E-state index contributed by atoms with van der Waals surface area (Å²) in [5.74, 6) is 0. The summed E-state index contributed by atoms with van der Waals surface area (Å²) in [4.78, 5) is 10.2. The first-order valence-electron chi connectivity index (χ1n) is 7.42. The molecule has 0 unspecified atom stereocenters. The Morgan fingerprint density at radius 2 is 1.56 bits per heavy atom. The molecule has 0 N–H and O–H groups in total. The van der Waals surface area contributed by atoms with Crippen LogP contribution in [0, 0.1) is 32.8 Å². The highest BCUT2D eigenvalue weighted by molar-refractivity contribution is 5.45. The molecule has 7 nitrogen and oxygen atoms in total. The van der Waals surface area contributed by atoms with E-state index in [0.717, 1.165) is 5.56 Å². The Hall–Kier alpha value is -3.58. The molecule has 0 saturated heterocycles. The number of rotatable bonds is 5. The number of nitro groups is 1. The highest BCUT2D eigenvalue weighted by atomic mass is 16.6. The van der Waals surface area contributed by atoms with E-state index in [1.807, 2.05) is 42.5 Å². The topological polar surface area (TPSA) is 115 Å². The van der Waals surface area contributed by atoms with Gasteiger partial charge in [-0.3, -0.25) is 10.1 Å². The molecule has 0 aliphatic carbocycles. The fraction of sp³-hybridized carbons (Fsp3) is 0.222. The van der Waals surface area contributed by atoms with Crippen LogP contribution in [0.25, 0.3) is 0 Å². The van der Waals surface area contributed by atoms with E-state index in [1.54, 1.807) is 13.8 Å². The number of azo groups is 1. The smallest absolute Gasteiger partial charge is 0.258 e. The van der Waals surface area contributed by atoms with E-state index >= 15 is 0 Å². The normalized spacial score (nSPS) is 11.7. The number of nitro benzene ring substituents is 1. The molecule has 0 aromatic heterocycles. The van der Waals surface area contributed by atoms with Crippen LogP contribution >= 0.6 is 0 Å². The summed E-state index contributed by atoms with van der Waals surface area (Å²) in [5, 5.41) is 38.0. The summed E-state index contributed by atoms with van der Waals surface area (Å²) in [7, 11) is 0. The Labute approximate surface area is 145 Å². The third-order valence-corrected chi connectivity index (χ3v) is 4.10. The van der Waals surface area contributed by atoms with Gasteiger partial charge < -0.3 is 0 Å². The summed E-state index contributed by atoms with van der Waals surface area (Å²) in [6, 6.07) is 18.5. The Morgan fingerprint density at radius 3 is 2.04 bits per heavy atom. The predicted molar refractivity (Wildman–Crippen MR) is 91.0 cm³/mol. The first-order valence-corrected chi connectivity index (χ1v) is 7.42. The van der Waals surface area contributed by atoms with Gasteiger partial charge in [-0.1, -0.05) is 44.2 Å². The van der Waals surface area contributed by atoms with Crippen molar-refractivity contribution in [2.75, 3.05) is 0 Å². The number of hydrogen-bond donors (Lipinski definition) is 0. The van der Waals surface area contributed by atoms with Crippen LogP contribution in [0.15, 0.2) is 64.8 Å². The van der Waals surface area contributed by atoms with Gasteiger partial charge in [0.15, 0.2) is 0 Å². The van der Waals surface area contributed by atoms with E-state index in [0.29, 0.717) is 5.69 Å². The Morgan fingerprint density at radius 1 is 1.00 bits per heavy atom. The molecule has 2 rings (SSSR count). The van der Waals surface area contributed by atoms with Crippen LogP contribution < -0.4 is 0 Å². The summed E-state index contributed by atoms with van der Waals surface area (Å²) in [5.41, 5.74) is -1.63. The van der Waals surface area contributed by atoms with Gasteiger partial charge in [0.25, 0.3) is 11.2 Å². The lowest BCUT2D eigenvalue weighted by Gasteiger charge is -2.32. The molecular weight excluding hydrogens is 318 g/mol. The van der Waals surface area contributed by atoms with Gasteiger partial charge in [-0.15, -0.1) is 5.11 Å². The maximum absolute atomic E-state index is 10.7. The van der Waals surface area contributed by atoms with Crippen LogP contribution in [0.1, 0.15) is 19.4 Å². The molecule has 0 aliphatic rings. The van der Waals surface area contributed by atoms with Crippen LogP contribution in [-0.2, 0) is 5.41 Å². The van der Waals surface area contributed by atoms with Crippen LogP contribution in [-0.4, -0.2) is 10.5 Å². The molecule has 0 atom stereocenters. The van der Waals surface area contributed by atoms with Gasteiger partial charge in [0.2, 0.25) is 0 Å². The molecule has 0 saturated carbocycles. The molecule has 2 aromatic carbocycles. The summed E-state index contributed by atoms with van der Waals surface area (Å²) >= 11 is 0. The van der Waals surface area contributed by atoms with Gasteiger partial charge >= 0.3 is 0 Å². The van der Waals surface area contributed by atoms with E-state index in [-0.39, 0.29) is 5.69 Å². The zero-order valence-electron chi connectivity index (χ0n) is 13.7. The molecular formula is C18H15N5O2. The van der Waals surface area contributed by atoms with Gasteiger partial charge in [0.05, 0.1) is 10.6 Å². The fourth-order valence-corrected chi connectivity index (χ4v) is 2.31. The van der Waals surface area contributed by atoms with Crippen molar-refractivity contribution in [2.24, 2.45) is 10.2 Å². The van der Waals surface area contributed by atoms with Crippen molar-refractivity contribution in [1.29, 1.82) is 10.5 Å². The maximum atomic E-state index is 10.7. The number of hydrogen-bond acceptors (Lipinski definition) is 6. The second kappa shape index (κ2) is 6.90. The molecule has 0 spiro atoms. The van der Waals surface area contributed by atoms with Crippen molar-refractivity contribution in [3.63, 3.8) is 0 Å². The van der Waals surface area contributed by atoms with Crippen molar-refractivity contribution in [1.82, 2.24) is 0 Å². The van der Waals surface area contributed by atoms with E-state index in [1.165, 1.54) is 24.3 Å². The zero-order valence-corrected chi connectivity index (χ0v) is 13.7. The average Bonchev–Trinajstić information content (AvgIpc) is 2.64. The average molecular weight is 333 g/mol. The second-order valence-corrected chi connectivity index (χ2v) is 5.90. The predicted octanol–water partition coefficient (Wildman–Crippen LogP) is 4.44. The lowest BCUT2D eigenvalue weighted by atomic mass is 9.69. The molecule has 124 valence electrons. The van der Waals surface area contributed by atoms with Gasteiger partial charge in [-0.05, 0) is 17.7 Å². The van der Waals surface area contributed by atoms with Crippen molar-refractivity contribution >= 4 is 11.4 Å². The molecule has 0 bridgehead atoms. The Bertz CT molecular complexity index is 860. The molecule has 2 aromatic rings. The molecule has 7 heteroatoms. The van der Waals surface area contributed by atoms with Gasteiger partial charge in [0, 0.05) is 17.5 Å². The summed E-state index contributed by atoms with van der Waals surface area (Å²) in [6.07, 6.45) is 0. The SMILES string of the molecule is CC(C)(c1ccccc1)C(C#N)(C#N)N=Nc1ccc([N+](=O)[O-])cc1. The van der Waals surface area contributed by atoms with Gasteiger partial charge in [-0.25, -0.2) is 0 Å². The molecule has 0 fully saturated rings. The monoisotopic (exact) mass is 333 g/mol. The molecule has 0 heterocycles. The third-order valence-electron chi connectivity index (χ3n) is 4.10. The lowest BCUT2D eigenvalue weighted by molar-refractivity contribution is -0.384. The number of nitriles is 2. The Kier molecular flexibility index (Phi) is 4.90. The first kappa shape index (κ1) is 17.8. The van der Waals surface area contributed by atoms with Crippen molar-refractivity contribution in [3.8, 4) is 12.1 Å². The van der Waals surface area contributed by atoms with Crippen LogP contribution in [0.3, 0.4) is 0 Å². The molecule has 0 aliphatic heterocycles. The number of nitrogens with zero attached hydrogens (tertiary/aromatic N) is 5. The van der Waals surface area contributed by atoms with Crippen LogP contribution in [0.2, 0.25) is 0 Å². The number of non-ortho nitro benzene ring substituents is 1. The minimum absolute atomic E-state index is 0.0737. The van der Waals surface area contributed by atoms with E-state index in [4.69, 9.17) is 0 Å². The van der Waals surface area contributed by atoms with Crippen LogP contribution in [0.4, 0.5) is 11.4 Å². The van der Waals surface area contributed by atoms with E-state index < -0.39 is 15.9 Å². The van der Waals surface area contributed by atoms with Gasteiger partial charge in [0.1, 0.15) is 12.1 Å². The maximum Gasteiger partial charge on any atom is 0.269 e. The fourth-order valence-electron chi connectivity index (χ4n) is 2.31. The summed E-state index contributed by atoms with van der Waals surface area (Å²) < 4.78 is 0. The Balaban J connectivity index is 2.42. The lowest BCUT2D eigenvalue weighted by Crippen LogP contribution is -2.43. The standard InChI is InChI=1S/C18H15N5O2/c1-17(2,14-6-4-3-5-7-14)18(12-19,13-20)22-21-15-8-10-16(11-9-15)23(24)25/h3-11H,1-2H3. The highest BCUT2D eigenvalue weighted by Gasteiger charge is 2.48. The minimum Gasteiger partial charge on any atom is -0.258 e. The van der Waals surface area contributed by atoms with Crippen LogP contribution in [0.5, 0.6) is 0 Å². The third kappa shape index (κ3) is 3.36.